The minimum absolute atomic E-state index is 0.0352. The van der Waals surface area contributed by atoms with Crippen LogP contribution >= 0.6 is 0 Å². The Bertz CT molecular complexity index is 472. The van der Waals surface area contributed by atoms with E-state index in [1.54, 1.807) is 12.1 Å². The van der Waals surface area contributed by atoms with E-state index in [2.05, 4.69) is 11.2 Å². The Kier molecular flexibility index (Phi) is 5.53. The van der Waals surface area contributed by atoms with E-state index in [0.717, 1.165) is 12.0 Å². The standard InChI is InChI=1S/C15H18N2O/c1-3-6-14(4-2)17-15(18)10-9-12-7-5-8-13(16)11-12/h1,5,7-11,14H,4,6,16H2,2H3,(H,17,18)/b10-9+. The number of hydrogen-bond donors (Lipinski definition) is 2. The van der Waals surface area contributed by atoms with Gasteiger partial charge in [-0.05, 0) is 30.2 Å². The number of nitrogen functional groups attached to an aromatic ring is 1. The van der Waals surface area contributed by atoms with Gasteiger partial charge in [0.1, 0.15) is 0 Å². The highest BCUT2D eigenvalue weighted by Gasteiger charge is 2.05. The molecule has 0 saturated heterocycles. The molecule has 0 aliphatic carbocycles. The van der Waals surface area contributed by atoms with Crippen molar-refractivity contribution in [3.8, 4) is 12.3 Å². The van der Waals surface area contributed by atoms with Crippen molar-refractivity contribution < 1.29 is 4.79 Å². The van der Waals surface area contributed by atoms with Crippen LogP contribution in [0, 0.1) is 12.3 Å². The quantitative estimate of drug-likeness (QED) is 0.472. The maximum atomic E-state index is 11.6. The molecule has 3 nitrogen and oxygen atoms in total. The fraction of sp³-hybridized carbons (Fsp3) is 0.267. The lowest BCUT2D eigenvalue weighted by Gasteiger charge is -2.12. The van der Waals surface area contributed by atoms with Gasteiger partial charge in [-0.2, -0.15) is 0 Å². The number of rotatable bonds is 5. The number of amides is 1. The van der Waals surface area contributed by atoms with Crippen LogP contribution in [0.4, 0.5) is 5.69 Å². The van der Waals surface area contributed by atoms with Crippen LogP contribution < -0.4 is 11.1 Å². The molecule has 0 spiro atoms. The highest BCUT2D eigenvalue weighted by molar-refractivity contribution is 5.92. The zero-order chi connectivity index (χ0) is 13.4. The van der Waals surface area contributed by atoms with Crippen LogP contribution in [0.2, 0.25) is 0 Å². The lowest BCUT2D eigenvalue weighted by molar-refractivity contribution is -0.117. The summed E-state index contributed by atoms with van der Waals surface area (Å²) in [6.45, 7) is 1.99. The highest BCUT2D eigenvalue weighted by Crippen LogP contribution is 2.08. The average Bonchev–Trinajstić information content (AvgIpc) is 2.36. The van der Waals surface area contributed by atoms with Crippen LogP contribution in [0.3, 0.4) is 0 Å². The second kappa shape index (κ2) is 7.18. The highest BCUT2D eigenvalue weighted by atomic mass is 16.1. The van der Waals surface area contributed by atoms with Gasteiger partial charge in [0.2, 0.25) is 5.91 Å². The zero-order valence-corrected chi connectivity index (χ0v) is 10.5. The molecule has 0 radical (unpaired) electrons. The van der Waals surface area contributed by atoms with Crippen LogP contribution in [0.5, 0.6) is 0 Å². The Hall–Kier alpha value is -2.21. The van der Waals surface area contributed by atoms with Gasteiger partial charge >= 0.3 is 0 Å². The normalized spacial score (nSPS) is 12.0. The number of anilines is 1. The van der Waals surface area contributed by atoms with Gasteiger partial charge < -0.3 is 11.1 Å². The van der Waals surface area contributed by atoms with E-state index >= 15 is 0 Å². The summed E-state index contributed by atoms with van der Waals surface area (Å²) in [5.74, 6) is 2.41. The molecule has 0 saturated carbocycles. The van der Waals surface area contributed by atoms with E-state index in [9.17, 15) is 4.79 Å². The Morgan fingerprint density at radius 2 is 2.39 bits per heavy atom. The van der Waals surface area contributed by atoms with Gasteiger partial charge in [-0.15, -0.1) is 12.3 Å². The summed E-state index contributed by atoms with van der Waals surface area (Å²) in [4.78, 5) is 11.6. The number of carbonyl (C=O) groups excluding carboxylic acids is 1. The molecule has 1 aromatic rings. The molecule has 3 N–H and O–H groups in total. The van der Waals surface area contributed by atoms with E-state index in [-0.39, 0.29) is 11.9 Å². The molecular weight excluding hydrogens is 224 g/mol. The maximum Gasteiger partial charge on any atom is 0.244 e. The molecule has 94 valence electrons. The van der Waals surface area contributed by atoms with Gasteiger partial charge in [0.25, 0.3) is 0 Å². The summed E-state index contributed by atoms with van der Waals surface area (Å²) >= 11 is 0. The van der Waals surface area contributed by atoms with Gasteiger partial charge in [-0.25, -0.2) is 0 Å². The van der Waals surface area contributed by atoms with Crippen molar-refractivity contribution in [2.75, 3.05) is 5.73 Å². The molecule has 1 rings (SSSR count). The summed E-state index contributed by atoms with van der Waals surface area (Å²) in [6, 6.07) is 7.38. The molecule has 1 atom stereocenters. The molecule has 0 fully saturated rings. The third-order valence-corrected chi connectivity index (χ3v) is 2.54. The average molecular weight is 242 g/mol. The molecule has 0 aliphatic heterocycles. The van der Waals surface area contributed by atoms with Gasteiger partial charge in [0, 0.05) is 24.2 Å². The zero-order valence-electron chi connectivity index (χ0n) is 10.5. The minimum atomic E-state index is -0.139. The SMILES string of the molecule is C#CCC(CC)NC(=O)/C=C/c1cccc(N)c1. The van der Waals surface area contributed by atoms with Crippen molar-refractivity contribution in [1.29, 1.82) is 0 Å². The summed E-state index contributed by atoms with van der Waals surface area (Å²) in [5.41, 5.74) is 7.23. The van der Waals surface area contributed by atoms with E-state index in [0.29, 0.717) is 12.1 Å². The monoisotopic (exact) mass is 242 g/mol. The third kappa shape index (κ3) is 4.75. The topological polar surface area (TPSA) is 55.1 Å². The molecule has 1 amide bonds. The van der Waals surface area contributed by atoms with Crippen molar-refractivity contribution >= 4 is 17.7 Å². The van der Waals surface area contributed by atoms with Crippen molar-refractivity contribution in [3.63, 3.8) is 0 Å². The smallest absolute Gasteiger partial charge is 0.244 e. The molecular formula is C15H18N2O. The van der Waals surface area contributed by atoms with Crippen LogP contribution in [0.1, 0.15) is 25.3 Å². The Morgan fingerprint density at radius 3 is 3.00 bits per heavy atom. The predicted octanol–water partition coefficient (Wildman–Crippen LogP) is 2.20. The number of hydrogen-bond acceptors (Lipinski definition) is 2. The fourth-order valence-corrected chi connectivity index (χ4v) is 1.52. The van der Waals surface area contributed by atoms with E-state index < -0.39 is 0 Å². The van der Waals surface area contributed by atoms with Crippen LogP contribution in [-0.2, 0) is 4.79 Å². The second-order valence-corrected chi connectivity index (χ2v) is 4.03. The minimum Gasteiger partial charge on any atom is -0.399 e. The predicted molar refractivity (Wildman–Crippen MR) is 75.6 cm³/mol. The van der Waals surface area contributed by atoms with Crippen molar-refractivity contribution in [3.05, 3.63) is 35.9 Å². The van der Waals surface area contributed by atoms with Crippen LogP contribution in [0.25, 0.3) is 6.08 Å². The molecule has 0 aliphatic rings. The van der Waals surface area contributed by atoms with Crippen molar-refractivity contribution in [2.24, 2.45) is 0 Å². The largest absolute Gasteiger partial charge is 0.399 e. The fourth-order valence-electron chi connectivity index (χ4n) is 1.52. The van der Waals surface area contributed by atoms with E-state index in [4.69, 9.17) is 12.2 Å². The summed E-state index contributed by atoms with van der Waals surface area (Å²) in [7, 11) is 0. The molecule has 0 bridgehead atoms. The Balaban J connectivity index is 2.57. The van der Waals surface area contributed by atoms with Crippen LogP contribution in [-0.4, -0.2) is 11.9 Å². The number of terminal acetylenes is 1. The van der Waals surface area contributed by atoms with Crippen molar-refractivity contribution in [1.82, 2.24) is 5.32 Å². The molecule has 3 heteroatoms. The molecule has 1 aromatic carbocycles. The van der Waals surface area contributed by atoms with E-state index in [1.165, 1.54) is 6.08 Å². The number of benzene rings is 1. The third-order valence-electron chi connectivity index (χ3n) is 2.54. The number of nitrogens with two attached hydrogens (primary N) is 1. The van der Waals surface area contributed by atoms with Crippen LogP contribution in [0.15, 0.2) is 30.3 Å². The maximum absolute atomic E-state index is 11.6. The number of nitrogens with one attached hydrogen (secondary N) is 1. The molecule has 1 unspecified atom stereocenters. The first kappa shape index (κ1) is 13.9. The van der Waals surface area contributed by atoms with Gasteiger partial charge in [-0.3, -0.25) is 4.79 Å². The number of carbonyl (C=O) groups is 1. The Morgan fingerprint density at radius 1 is 1.61 bits per heavy atom. The second-order valence-electron chi connectivity index (χ2n) is 4.03. The van der Waals surface area contributed by atoms with Gasteiger partial charge in [0.05, 0.1) is 0 Å². The first-order valence-corrected chi connectivity index (χ1v) is 5.93. The summed E-state index contributed by atoms with van der Waals surface area (Å²) in [6.07, 6.45) is 9.83. The summed E-state index contributed by atoms with van der Waals surface area (Å²) < 4.78 is 0. The first-order chi connectivity index (χ1) is 8.65. The van der Waals surface area contributed by atoms with Crippen molar-refractivity contribution in [2.45, 2.75) is 25.8 Å². The Labute approximate surface area is 108 Å². The molecule has 0 heterocycles. The summed E-state index contributed by atoms with van der Waals surface area (Å²) in [5, 5.41) is 2.85. The van der Waals surface area contributed by atoms with Gasteiger partial charge in [0.15, 0.2) is 0 Å². The lowest BCUT2D eigenvalue weighted by Crippen LogP contribution is -2.32. The first-order valence-electron chi connectivity index (χ1n) is 5.93. The molecule has 0 aromatic heterocycles. The lowest BCUT2D eigenvalue weighted by atomic mass is 10.1. The van der Waals surface area contributed by atoms with Gasteiger partial charge in [-0.1, -0.05) is 19.1 Å². The van der Waals surface area contributed by atoms with E-state index in [1.807, 2.05) is 25.1 Å². The molecule has 18 heavy (non-hydrogen) atoms.